The minimum absolute atomic E-state index is 0.0183. The summed E-state index contributed by atoms with van der Waals surface area (Å²) in [5, 5.41) is 0. The van der Waals surface area contributed by atoms with Crippen molar-refractivity contribution in [1.82, 2.24) is 4.98 Å². The van der Waals surface area contributed by atoms with E-state index < -0.39 is 17.5 Å². The number of halogens is 3. The van der Waals surface area contributed by atoms with Crippen LogP contribution in [-0.4, -0.2) is 37.3 Å². The van der Waals surface area contributed by atoms with Crippen LogP contribution in [0.1, 0.15) is 24.0 Å². The quantitative estimate of drug-likeness (QED) is 0.803. The first-order chi connectivity index (χ1) is 15.0. The Kier molecular flexibility index (Phi) is 5.09. The van der Waals surface area contributed by atoms with Crippen molar-refractivity contribution in [3.05, 3.63) is 65.1 Å². The Morgan fingerprint density at radius 1 is 1.16 bits per heavy atom. The largest absolute Gasteiger partial charge is 0.477 e. The highest BCUT2D eigenvalue weighted by molar-refractivity contribution is 5.90. The van der Waals surface area contributed by atoms with Crippen molar-refractivity contribution in [3.63, 3.8) is 0 Å². The predicted octanol–water partition coefficient (Wildman–Crippen LogP) is 3.94. The van der Waals surface area contributed by atoms with Crippen molar-refractivity contribution in [3.8, 4) is 5.88 Å². The zero-order valence-corrected chi connectivity index (χ0v) is 17.0. The Balaban J connectivity index is 1.68. The third kappa shape index (κ3) is 3.44. The third-order valence-corrected chi connectivity index (χ3v) is 5.99. The van der Waals surface area contributed by atoms with Gasteiger partial charge in [0.25, 0.3) is 0 Å². The number of hydrogen-bond donors (Lipinski definition) is 1. The number of piperidine rings is 1. The molecular weight excluding hydrogens is 405 g/mol. The molecule has 5 nitrogen and oxygen atoms in total. The lowest BCUT2D eigenvalue weighted by Gasteiger charge is -2.38. The molecule has 162 valence electrons. The maximum absolute atomic E-state index is 15.1. The second-order valence-electron chi connectivity index (χ2n) is 8.03. The minimum Gasteiger partial charge on any atom is -0.477 e. The summed E-state index contributed by atoms with van der Waals surface area (Å²) >= 11 is 0. The average molecular weight is 428 g/mol. The molecule has 2 N–H and O–H groups in total. The first kappa shape index (κ1) is 19.9. The molecule has 0 bridgehead atoms. The third-order valence-electron chi connectivity index (χ3n) is 5.99. The summed E-state index contributed by atoms with van der Waals surface area (Å²) in [7, 11) is 0. The van der Waals surface area contributed by atoms with Crippen LogP contribution in [0.5, 0.6) is 5.88 Å². The average Bonchev–Trinajstić information content (AvgIpc) is 3.23. The van der Waals surface area contributed by atoms with E-state index in [1.807, 2.05) is 0 Å². The number of fused-ring (bicyclic) bond motifs is 1. The Bertz CT molecular complexity index is 1060. The van der Waals surface area contributed by atoms with E-state index in [1.54, 1.807) is 17.2 Å². The summed E-state index contributed by atoms with van der Waals surface area (Å²) in [5.41, 5.74) is 8.09. The van der Waals surface area contributed by atoms with E-state index in [9.17, 15) is 8.78 Å². The van der Waals surface area contributed by atoms with Gasteiger partial charge in [-0.1, -0.05) is 12.1 Å². The Labute approximate surface area is 178 Å². The number of rotatable bonds is 3. The summed E-state index contributed by atoms with van der Waals surface area (Å²) in [5.74, 6) is -1.78. The molecule has 1 aromatic carbocycles. The summed E-state index contributed by atoms with van der Waals surface area (Å²) in [4.78, 5) is 8.19. The number of nitrogens with zero attached hydrogens (tertiary/aromatic N) is 3. The fourth-order valence-corrected chi connectivity index (χ4v) is 4.64. The zero-order chi connectivity index (χ0) is 21.5. The van der Waals surface area contributed by atoms with Crippen molar-refractivity contribution in [1.29, 1.82) is 0 Å². The van der Waals surface area contributed by atoms with E-state index in [1.165, 1.54) is 12.1 Å². The molecular formula is C23H23F3N4O. The van der Waals surface area contributed by atoms with E-state index in [0.717, 1.165) is 42.8 Å². The SMILES string of the molecule is N[C@H]1CCCN(c2c(N3CC=CC(F)=C3c3c(F)cccc3F)cnc3c2CCO3)C1. The van der Waals surface area contributed by atoms with Gasteiger partial charge >= 0.3 is 0 Å². The molecule has 4 heterocycles. The van der Waals surface area contributed by atoms with Gasteiger partial charge < -0.3 is 20.3 Å². The van der Waals surface area contributed by atoms with E-state index in [0.29, 0.717) is 31.1 Å². The molecule has 1 aromatic heterocycles. The minimum atomic E-state index is -0.815. The van der Waals surface area contributed by atoms with Crippen LogP contribution < -0.4 is 20.3 Å². The molecule has 5 rings (SSSR count). The van der Waals surface area contributed by atoms with Gasteiger partial charge in [0.1, 0.15) is 17.5 Å². The molecule has 2 aromatic rings. The van der Waals surface area contributed by atoms with E-state index >= 15 is 4.39 Å². The normalized spacial score (nSPS) is 20.8. The number of benzene rings is 1. The molecule has 3 aliphatic rings. The van der Waals surface area contributed by atoms with E-state index in [4.69, 9.17) is 10.5 Å². The zero-order valence-electron chi connectivity index (χ0n) is 17.0. The number of hydrogen-bond acceptors (Lipinski definition) is 5. The van der Waals surface area contributed by atoms with Crippen molar-refractivity contribution in [2.24, 2.45) is 5.73 Å². The fourth-order valence-electron chi connectivity index (χ4n) is 4.64. The van der Waals surface area contributed by atoms with Gasteiger partial charge in [-0.15, -0.1) is 0 Å². The van der Waals surface area contributed by atoms with Crippen molar-refractivity contribution >= 4 is 17.1 Å². The lowest BCUT2D eigenvalue weighted by atomic mass is 10.0. The molecule has 1 fully saturated rings. The van der Waals surface area contributed by atoms with Crippen LogP contribution in [0.3, 0.4) is 0 Å². The van der Waals surface area contributed by atoms with Crippen LogP contribution in [-0.2, 0) is 6.42 Å². The van der Waals surface area contributed by atoms with E-state index in [2.05, 4.69) is 9.88 Å². The molecule has 0 saturated carbocycles. The topological polar surface area (TPSA) is 54.6 Å². The molecule has 8 heteroatoms. The Hall–Kier alpha value is -3.00. The van der Waals surface area contributed by atoms with Crippen LogP contribution >= 0.6 is 0 Å². The molecule has 1 saturated heterocycles. The van der Waals surface area contributed by atoms with Crippen LogP contribution in [0.15, 0.2) is 42.4 Å². The first-order valence-corrected chi connectivity index (χ1v) is 10.5. The smallest absolute Gasteiger partial charge is 0.218 e. The number of nitrogens with two attached hydrogens (primary N) is 1. The Morgan fingerprint density at radius 2 is 1.97 bits per heavy atom. The molecule has 0 aliphatic carbocycles. The number of pyridine rings is 1. The molecule has 0 amide bonds. The van der Waals surface area contributed by atoms with Gasteiger partial charge in [-0.25, -0.2) is 18.2 Å². The first-order valence-electron chi connectivity index (χ1n) is 10.5. The molecule has 0 unspecified atom stereocenters. The summed E-state index contributed by atoms with van der Waals surface area (Å²) in [6.45, 7) is 2.20. The second-order valence-corrected chi connectivity index (χ2v) is 8.03. The van der Waals surface area contributed by atoms with Crippen LogP contribution in [0.2, 0.25) is 0 Å². The van der Waals surface area contributed by atoms with Gasteiger partial charge in [-0.2, -0.15) is 0 Å². The monoisotopic (exact) mass is 428 g/mol. The maximum Gasteiger partial charge on any atom is 0.218 e. The lowest BCUT2D eigenvalue weighted by Crippen LogP contribution is -2.44. The van der Waals surface area contributed by atoms with Gasteiger partial charge in [0.05, 0.1) is 35.4 Å². The molecule has 1 atom stereocenters. The number of ether oxygens (including phenoxy) is 1. The van der Waals surface area contributed by atoms with Gasteiger partial charge in [0, 0.05) is 37.7 Å². The molecule has 3 aliphatic heterocycles. The standard InChI is InChI=1S/C23H23F3N4O/c24-16-5-1-6-17(25)20(16)22-18(26)7-3-10-30(22)19-12-28-23-15(8-11-31-23)21(19)29-9-2-4-14(27)13-29/h1,3,5-7,12,14H,2,4,8-11,13,27H2/t14-/m0/s1. The Morgan fingerprint density at radius 3 is 2.74 bits per heavy atom. The highest BCUT2D eigenvalue weighted by Gasteiger charge is 2.33. The summed E-state index contributed by atoms with van der Waals surface area (Å²) in [6, 6.07) is 3.55. The van der Waals surface area contributed by atoms with Crippen LogP contribution in [0.25, 0.3) is 5.70 Å². The maximum atomic E-state index is 15.1. The fraction of sp³-hybridized carbons (Fsp3) is 0.348. The summed E-state index contributed by atoms with van der Waals surface area (Å²) < 4.78 is 50.1. The molecule has 31 heavy (non-hydrogen) atoms. The highest BCUT2D eigenvalue weighted by atomic mass is 19.1. The van der Waals surface area contributed by atoms with Crippen molar-refractivity contribution in [2.45, 2.75) is 25.3 Å². The molecule has 0 radical (unpaired) electrons. The number of aromatic nitrogens is 1. The van der Waals surface area contributed by atoms with Gasteiger partial charge in [0.2, 0.25) is 5.88 Å². The van der Waals surface area contributed by atoms with Gasteiger partial charge in [-0.05, 0) is 31.1 Å². The van der Waals surface area contributed by atoms with Crippen LogP contribution in [0.4, 0.5) is 24.5 Å². The predicted molar refractivity (Wildman–Crippen MR) is 114 cm³/mol. The molecule has 0 spiro atoms. The second kappa shape index (κ2) is 7.92. The van der Waals surface area contributed by atoms with Gasteiger partial charge in [0.15, 0.2) is 0 Å². The lowest BCUT2D eigenvalue weighted by molar-refractivity contribution is 0.345. The number of anilines is 2. The highest BCUT2D eigenvalue weighted by Crippen LogP contribution is 2.45. The van der Waals surface area contributed by atoms with Crippen molar-refractivity contribution < 1.29 is 17.9 Å². The van der Waals surface area contributed by atoms with Crippen LogP contribution in [0, 0.1) is 11.6 Å². The number of allylic oxidation sites excluding steroid dienone is 2. The van der Waals surface area contributed by atoms with Crippen molar-refractivity contribution in [2.75, 3.05) is 36.0 Å². The summed E-state index contributed by atoms with van der Waals surface area (Å²) in [6.07, 6.45) is 7.01. The van der Waals surface area contributed by atoms with Gasteiger partial charge in [-0.3, -0.25) is 0 Å². The van der Waals surface area contributed by atoms with E-state index in [-0.39, 0.29) is 23.8 Å².